The van der Waals surface area contributed by atoms with Gasteiger partial charge in [0.2, 0.25) is 5.91 Å². The summed E-state index contributed by atoms with van der Waals surface area (Å²) in [6.45, 7) is 3.72. The predicted octanol–water partition coefficient (Wildman–Crippen LogP) is 3.57. The van der Waals surface area contributed by atoms with Gasteiger partial charge >= 0.3 is 0 Å². The fourth-order valence-corrected chi connectivity index (χ4v) is 1.78. The summed E-state index contributed by atoms with van der Waals surface area (Å²) in [7, 11) is 0. The summed E-state index contributed by atoms with van der Waals surface area (Å²) in [6, 6.07) is 13.1. The van der Waals surface area contributed by atoms with Gasteiger partial charge in [-0.2, -0.15) is 0 Å². The van der Waals surface area contributed by atoms with E-state index in [9.17, 15) is 9.18 Å². The molecule has 3 nitrogen and oxygen atoms in total. The Balaban J connectivity index is 1.96. The third-order valence-corrected chi connectivity index (χ3v) is 2.92. The molecule has 2 rings (SSSR count). The Labute approximate surface area is 117 Å². The zero-order valence-corrected chi connectivity index (χ0v) is 11.5. The molecule has 0 fully saturated rings. The van der Waals surface area contributed by atoms with Gasteiger partial charge in [0.15, 0.2) is 0 Å². The molecule has 0 aliphatic rings. The smallest absolute Gasteiger partial charge is 0.246 e. The van der Waals surface area contributed by atoms with E-state index in [2.05, 4.69) is 10.6 Å². The number of hydrogen-bond donors (Lipinski definition) is 2. The van der Waals surface area contributed by atoms with Crippen molar-refractivity contribution in [2.75, 3.05) is 10.6 Å². The zero-order valence-electron chi connectivity index (χ0n) is 11.5. The summed E-state index contributed by atoms with van der Waals surface area (Å²) in [5, 5.41) is 5.77. The lowest BCUT2D eigenvalue weighted by Crippen LogP contribution is -2.31. The lowest BCUT2D eigenvalue weighted by Gasteiger charge is -2.15. The van der Waals surface area contributed by atoms with Crippen molar-refractivity contribution in [2.45, 2.75) is 19.9 Å². The van der Waals surface area contributed by atoms with E-state index in [0.717, 1.165) is 11.3 Å². The van der Waals surface area contributed by atoms with Gasteiger partial charge in [0, 0.05) is 11.4 Å². The van der Waals surface area contributed by atoms with Crippen molar-refractivity contribution in [1.29, 1.82) is 0 Å². The van der Waals surface area contributed by atoms with Gasteiger partial charge in [-0.25, -0.2) is 4.39 Å². The van der Waals surface area contributed by atoms with E-state index in [0.29, 0.717) is 5.69 Å². The quantitative estimate of drug-likeness (QED) is 0.893. The topological polar surface area (TPSA) is 41.1 Å². The van der Waals surface area contributed by atoms with Crippen molar-refractivity contribution < 1.29 is 9.18 Å². The van der Waals surface area contributed by atoms with E-state index in [4.69, 9.17) is 0 Å². The number of carbonyl (C=O) groups excluding carboxylic acids is 1. The van der Waals surface area contributed by atoms with Crippen LogP contribution in [0.2, 0.25) is 0 Å². The molecule has 4 heteroatoms. The van der Waals surface area contributed by atoms with Crippen LogP contribution in [-0.2, 0) is 4.79 Å². The Hall–Kier alpha value is -2.36. The first-order valence-electron chi connectivity index (χ1n) is 6.44. The first-order chi connectivity index (χ1) is 9.54. The van der Waals surface area contributed by atoms with Gasteiger partial charge in [-0.15, -0.1) is 0 Å². The fourth-order valence-electron chi connectivity index (χ4n) is 1.78. The molecule has 0 aliphatic carbocycles. The van der Waals surface area contributed by atoms with E-state index in [1.807, 2.05) is 31.2 Å². The number of amides is 1. The van der Waals surface area contributed by atoms with Crippen LogP contribution in [-0.4, -0.2) is 11.9 Å². The maximum absolute atomic E-state index is 13.1. The van der Waals surface area contributed by atoms with Crippen molar-refractivity contribution in [2.24, 2.45) is 0 Å². The van der Waals surface area contributed by atoms with Crippen LogP contribution in [0.3, 0.4) is 0 Å². The minimum absolute atomic E-state index is 0.168. The number of anilines is 2. The number of halogens is 1. The molecule has 2 aromatic carbocycles. The molecule has 0 heterocycles. The number of hydrogen-bond acceptors (Lipinski definition) is 2. The lowest BCUT2D eigenvalue weighted by atomic mass is 10.2. The highest BCUT2D eigenvalue weighted by atomic mass is 19.1. The van der Waals surface area contributed by atoms with Crippen LogP contribution in [0, 0.1) is 12.7 Å². The van der Waals surface area contributed by atoms with Crippen molar-refractivity contribution in [3.05, 3.63) is 59.9 Å². The summed E-state index contributed by atoms with van der Waals surface area (Å²) < 4.78 is 13.1. The Morgan fingerprint density at radius 3 is 2.45 bits per heavy atom. The van der Waals surface area contributed by atoms with Crippen molar-refractivity contribution in [1.82, 2.24) is 0 Å². The molecule has 0 spiro atoms. The number of rotatable bonds is 4. The van der Waals surface area contributed by atoms with Crippen molar-refractivity contribution in [3.63, 3.8) is 0 Å². The number of aryl methyl sites for hydroxylation is 1. The molecule has 0 saturated carbocycles. The highest BCUT2D eigenvalue weighted by Crippen LogP contribution is 2.12. The average molecular weight is 272 g/mol. The van der Waals surface area contributed by atoms with Gasteiger partial charge in [-0.3, -0.25) is 4.79 Å². The number of benzene rings is 2. The second-order valence-corrected chi connectivity index (χ2v) is 4.73. The van der Waals surface area contributed by atoms with Crippen LogP contribution in [0.1, 0.15) is 12.5 Å². The second-order valence-electron chi connectivity index (χ2n) is 4.73. The summed E-state index contributed by atoms with van der Waals surface area (Å²) >= 11 is 0. The summed E-state index contributed by atoms with van der Waals surface area (Å²) in [4.78, 5) is 12.0. The molecular formula is C16H17FN2O. The molecule has 20 heavy (non-hydrogen) atoms. The van der Waals surface area contributed by atoms with Crippen LogP contribution in [0.4, 0.5) is 15.8 Å². The molecule has 0 bridgehead atoms. The van der Waals surface area contributed by atoms with Crippen molar-refractivity contribution in [3.8, 4) is 0 Å². The van der Waals surface area contributed by atoms with Gasteiger partial charge in [-0.1, -0.05) is 23.8 Å². The van der Waals surface area contributed by atoms with E-state index in [1.165, 1.54) is 12.1 Å². The number of carbonyl (C=O) groups is 1. The second kappa shape index (κ2) is 6.19. The van der Waals surface area contributed by atoms with Gasteiger partial charge < -0.3 is 10.6 Å². The van der Waals surface area contributed by atoms with E-state index < -0.39 is 6.04 Å². The first-order valence-corrected chi connectivity index (χ1v) is 6.44. The van der Waals surface area contributed by atoms with Gasteiger partial charge in [0.1, 0.15) is 11.9 Å². The predicted molar refractivity (Wildman–Crippen MR) is 79.3 cm³/mol. The SMILES string of the molecule is Cc1ccc(NC(=O)C(C)Nc2cccc(F)c2)cc1. The van der Waals surface area contributed by atoms with Crippen LogP contribution < -0.4 is 10.6 Å². The van der Waals surface area contributed by atoms with Crippen molar-refractivity contribution >= 4 is 17.3 Å². The maximum Gasteiger partial charge on any atom is 0.246 e. The highest BCUT2D eigenvalue weighted by molar-refractivity contribution is 5.96. The first kappa shape index (κ1) is 14.1. The Bertz CT molecular complexity index is 596. The molecule has 1 unspecified atom stereocenters. The normalized spacial score (nSPS) is 11.8. The van der Waals surface area contributed by atoms with Crippen LogP contribution in [0.5, 0.6) is 0 Å². The largest absolute Gasteiger partial charge is 0.374 e. The molecule has 0 aromatic heterocycles. The van der Waals surface area contributed by atoms with Gasteiger partial charge in [-0.05, 0) is 44.2 Å². The van der Waals surface area contributed by atoms with Crippen LogP contribution in [0.15, 0.2) is 48.5 Å². The maximum atomic E-state index is 13.1. The average Bonchev–Trinajstić information content (AvgIpc) is 2.41. The zero-order chi connectivity index (χ0) is 14.5. The van der Waals surface area contributed by atoms with E-state index in [1.54, 1.807) is 19.1 Å². The Morgan fingerprint density at radius 2 is 1.80 bits per heavy atom. The molecule has 1 atom stereocenters. The highest BCUT2D eigenvalue weighted by Gasteiger charge is 2.12. The summed E-state index contributed by atoms with van der Waals surface area (Å²) in [5.41, 5.74) is 2.46. The minimum atomic E-state index is -0.460. The van der Waals surface area contributed by atoms with Crippen LogP contribution in [0.25, 0.3) is 0 Å². The minimum Gasteiger partial charge on any atom is -0.374 e. The molecule has 1 amide bonds. The Kier molecular flexibility index (Phi) is 4.35. The van der Waals surface area contributed by atoms with E-state index >= 15 is 0 Å². The van der Waals surface area contributed by atoms with Crippen LogP contribution >= 0.6 is 0 Å². The molecule has 0 saturated heterocycles. The van der Waals surface area contributed by atoms with Gasteiger partial charge in [0.25, 0.3) is 0 Å². The molecule has 0 radical (unpaired) electrons. The molecular weight excluding hydrogens is 255 g/mol. The fraction of sp³-hybridized carbons (Fsp3) is 0.188. The molecule has 2 N–H and O–H groups in total. The van der Waals surface area contributed by atoms with Gasteiger partial charge in [0.05, 0.1) is 0 Å². The monoisotopic (exact) mass is 272 g/mol. The molecule has 104 valence electrons. The summed E-state index contributed by atoms with van der Waals surface area (Å²) in [5.74, 6) is -0.501. The third kappa shape index (κ3) is 3.82. The Morgan fingerprint density at radius 1 is 1.10 bits per heavy atom. The number of nitrogens with one attached hydrogen (secondary N) is 2. The molecule has 0 aliphatic heterocycles. The lowest BCUT2D eigenvalue weighted by molar-refractivity contribution is -0.116. The standard InChI is InChI=1S/C16H17FN2O/c1-11-6-8-14(9-7-11)19-16(20)12(2)18-15-5-3-4-13(17)10-15/h3-10,12,18H,1-2H3,(H,19,20). The third-order valence-electron chi connectivity index (χ3n) is 2.92. The summed E-state index contributed by atoms with van der Waals surface area (Å²) in [6.07, 6.45) is 0. The molecule has 2 aromatic rings. The van der Waals surface area contributed by atoms with E-state index in [-0.39, 0.29) is 11.7 Å².